The second kappa shape index (κ2) is 11.3. The smallest absolute Gasteiger partial charge is 0.274 e. The van der Waals surface area contributed by atoms with Gasteiger partial charge in [0.2, 0.25) is 0 Å². The molecule has 1 unspecified atom stereocenters. The number of hydrogen-bond acceptors (Lipinski definition) is 5. The monoisotopic (exact) mass is 477 g/mol. The van der Waals surface area contributed by atoms with Crippen molar-refractivity contribution in [2.45, 2.75) is 38.8 Å². The molecular formula is C23H25Cl2N3O4. The largest absolute Gasteiger partial charge is 0.489 e. The zero-order valence-corrected chi connectivity index (χ0v) is 19.2. The molecule has 32 heavy (non-hydrogen) atoms. The highest BCUT2D eigenvalue weighted by Gasteiger charge is 2.18. The topological polar surface area (TPSA) is 93.5 Å². The Bertz CT molecular complexity index is 1150. The van der Waals surface area contributed by atoms with Gasteiger partial charge in [-0.1, -0.05) is 67.2 Å². The van der Waals surface area contributed by atoms with Crippen molar-refractivity contribution in [3.8, 4) is 5.75 Å². The number of hydrogen-bond donors (Lipinski definition) is 2. The molecule has 0 saturated carbocycles. The Morgan fingerprint density at radius 1 is 1.16 bits per heavy atom. The van der Waals surface area contributed by atoms with Gasteiger partial charge in [0.1, 0.15) is 23.5 Å². The number of rotatable bonds is 10. The van der Waals surface area contributed by atoms with Crippen LogP contribution in [0.5, 0.6) is 5.75 Å². The minimum Gasteiger partial charge on any atom is -0.489 e. The van der Waals surface area contributed by atoms with Gasteiger partial charge in [-0.15, -0.1) is 0 Å². The van der Waals surface area contributed by atoms with Crippen molar-refractivity contribution in [1.82, 2.24) is 15.1 Å². The maximum absolute atomic E-state index is 12.9. The fraction of sp³-hybridized carbons (Fsp3) is 0.348. The normalized spacial score (nSPS) is 12.0. The van der Waals surface area contributed by atoms with Crippen molar-refractivity contribution >= 4 is 39.9 Å². The predicted octanol–water partition coefficient (Wildman–Crippen LogP) is 4.06. The quantitative estimate of drug-likeness (QED) is 0.429. The van der Waals surface area contributed by atoms with Crippen molar-refractivity contribution < 1.29 is 14.6 Å². The zero-order chi connectivity index (χ0) is 23.1. The minimum atomic E-state index is -0.990. The van der Waals surface area contributed by atoms with Gasteiger partial charge in [-0.2, -0.15) is 5.10 Å². The van der Waals surface area contributed by atoms with Crippen LogP contribution in [0.4, 0.5) is 0 Å². The maximum atomic E-state index is 12.9. The van der Waals surface area contributed by atoms with Gasteiger partial charge >= 0.3 is 0 Å². The number of amides is 1. The van der Waals surface area contributed by atoms with Gasteiger partial charge in [-0.25, -0.2) is 4.68 Å². The van der Waals surface area contributed by atoms with E-state index in [9.17, 15) is 14.7 Å². The van der Waals surface area contributed by atoms with E-state index in [1.165, 1.54) is 4.68 Å². The zero-order valence-electron chi connectivity index (χ0n) is 17.7. The molecule has 0 bridgehead atoms. The molecule has 2 N–H and O–H groups in total. The maximum Gasteiger partial charge on any atom is 0.274 e. The first-order valence-electron chi connectivity index (χ1n) is 10.4. The third-order valence-electron chi connectivity index (χ3n) is 4.90. The van der Waals surface area contributed by atoms with Crippen LogP contribution in [-0.4, -0.2) is 40.0 Å². The molecular weight excluding hydrogens is 453 g/mol. The first-order valence-corrected chi connectivity index (χ1v) is 11.2. The van der Waals surface area contributed by atoms with E-state index in [0.717, 1.165) is 19.3 Å². The Morgan fingerprint density at radius 2 is 1.91 bits per heavy atom. The average Bonchev–Trinajstić information content (AvgIpc) is 2.80. The van der Waals surface area contributed by atoms with Crippen molar-refractivity contribution in [2.24, 2.45) is 0 Å². The van der Waals surface area contributed by atoms with Crippen LogP contribution in [0.2, 0.25) is 10.0 Å². The van der Waals surface area contributed by atoms with E-state index in [1.807, 2.05) is 0 Å². The van der Waals surface area contributed by atoms with E-state index in [-0.39, 0.29) is 29.4 Å². The van der Waals surface area contributed by atoms with E-state index in [4.69, 9.17) is 27.9 Å². The second-order valence-electron chi connectivity index (χ2n) is 7.36. The van der Waals surface area contributed by atoms with Gasteiger partial charge in [0.05, 0.1) is 10.4 Å². The van der Waals surface area contributed by atoms with Gasteiger partial charge < -0.3 is 15.2 Å². The highest BCUT2D eigenvalue weighted by molar-refractivity contribution is 6.42. The molecule has 0 aliphatic heterocycles. The summed E-state index contributed by atoms with van der Waals surface area (Å²) in [7, 11) is 0. The average molecular weight is 478 g/mol. The van der Waals surface area contributed by atoms with E-state index >= 15 is 0 Å². The second-order valence-corrected chi connectivity index (χ2v) is 8.14. The van der Waals surface area contributed by atoms with Crippen LogP contribution in [0, 0.1) is 0 Å². The summed E-state index contributed by atoms with van der Waals surface area (Å²) < 4.78 is 6.84. The lowest BCUT2D eigenvalue weighted by Crippen LogP contribution is -2.37. The third-order valence-corrected chi connectivity index (χ3v) is 5.70. The Morgan fingerprint density at radius 3 is 2.66 bits per heavy atom. The number of ether oxygens (including phenoxy) is 1. The van der Waals surface area contributed by atoms with Gasteiger partial charge in [-0.05, 0) is 24.6 Å². The molecule has 9 heteroatoms. The van der Waals surface area contributed by atoms with Gasteiger partial charge in [0.15, 0.2) is 5.69 Å². The van der Waals surface area contributed by atoms with Crippen LogP contribution in [0.1, 0.15) is 36.7 Å². The number of benzene rings is 2. The molecule has 0 fully saturated rings. The number of nitrogens with zero attached hydrogens (tertiary/aromatic N) is 2. The lowest BCUT2D eigenvalue weighted by molar-refractivity contribution is 0.0839. The van der Waals surface area contributed by atoms with E-state index < -0.39 is 12.0 Å². The molecule has 1 heterocycles. The Balaban J connectivity index is 1.70. The number of aryl methyl sites for hydroxylation is 1. The molecule has 0 saturated heterocycles. The number of unbranched alkanes of at least 4 members (excludes halogenated alkanes) is 2. The van der Waals surface area contributed by atoms with Crippen LogP contribution in [-0.2, 0) is 6.54 Å². The Labute approximate surface area is 195 Å². The summed E-state index contributed by atoms with van der Waals surface area (Å²) in [5, 5.41) is 18.7. The molecule has 3 aromatic rings. The number of fused-ring (bicyclic) bond motifs is 1. The summed E-state index contributed by atoms with van der Waals surface area (Å²) in [6.07, 6.45) is 1.78. The summed E-state index contributed by atoms with van der Waals surface area (Å²) >= 11 is 12.0. The molecule has 0 aliphatic carbocycles. The molecule has 3 rings (SSSR count). The molecule has 1 atom stereocenters. The van der Waals surface area contributed by atoms with Gasteiger partial charge in [0, 0.05) is 18.5 Å². The molecule has 0 aliphatic rings. The van der Waals surface area contributed by atoms with Crippen LogP contribution in [0.25, 0.3) is 10.8 Å². The van der Waals surface area contributed by atoms with Crippen LogP contribution in [0.3, 0.4) is 0 Å². The number of nitrogens with one attached hydrogen (secondary N) is 1. The van der Waals surface area contributed by atoms with Crippen LogP contribution >= 0.6 is 23.2 Å². The summed E-state index contributed by atoms with van der Waals surface area (Å²) in [6.45, 7) is 2.35. The fourth-order valence-corrected chi connectivity index (χ4v) is 3.55. The number of carbonyl (C=O) groups is 1. The molecule has 170 valence electrons. The van der Waals surface area contributed by atoms with Crippen LogP contribution < -0.4 is 15.6 Å². The minimum absolute atomic E-state index is 0.0675. The Hall–Kier alpha value is -2.61. The first kappa shape index (κ1) is 24.0. The Kier molecular flexibility index (Phi) is 8.50. The standard InChI is InChI=1S/C23H25Cl2N3O4/c1-2-3-6-12-28-23(31)17-9-5-4-8-16(17)21(27-28)22(30)26-13-15(29)14-32-19-11-7-10-18(24)20(19)25/h4-5,7-11,15,29H,2-3,6,12-14H2,1H3,(H,26,30). The van der Waals surface area contributed by atoms with E-state index in [1.54, 1.807) is 42.5 Å². The number of aromatic nitrogens is 2. The van der Waals surface area contributed by atoms with Crippen molar-refractivity contribution in [3.63, 3.8) is 0 Å². The molecule has 0 spiro atoms. The lowest BCUT2D eigenvalue weighted by atomic mass is 10.1. The predicted molar refractivity (Wildman–Crippen MR) is 126 cm³/mol. The lowest BCUT2D eigenvalue weighted by Gasteiger charge is -2.15. The highest BCUT2D eigenvalue weighted by atomic mass is 35.5. The number of carbonyl (C=O) groups excluding carboxylic acids is 1. The molecule has 1 amide bonds. The molecule has 0 radical (unpaired) electrons. The van der Waals surface area contributed by atoms with Gasteiger partial charge in [-0.3, -0.25) is 9.59 Å². The molecule has 7 nitrogen and oxygen atoms in total. The van der Waals surface area contributed by atoms with Crippen molar-refractivity contribution in [1.29, 1.82) is 0 Å². The SMILES string of the molecule is CCCCCn1nc(C(=O)NCC(O)COc2cccc(Cl)c2Cl)c2ccccc2c1=O. The summed E-state index contributed by atoms with van der Waals surface area (Å²) in [4.78, 5) is 25.6. The summed E-state index contributed by atoms with van der Waals surface area (Å²) in [5.74, 6) is -0.137. The summed E-state index contributed by atoms with van der Waals surface area (Å²) in [5.41, 5.74) is -0.0807. The van der Waals surface area contributed by atoms with E-state index in [2.05, 4.69) is 17.3 Å². The van der Waals surface area contributed by atoms with Crippen molar-refractivity contribution in [3.05, 3.63) is 68.6 Å². The third kappa shape index (κ3) is 5.79. The summed E-state index contributed by atoms with van der Waals surface area (Å²) in [6, 6.07) is 11.8. The van der Waals surface area contributed by atoms with Crippen molar-refractivity contribution in [2.75, 3.05) is 13.2 Å². The van der Waals surface area contributed by atoms with Crippen LogP contribution in [0.15, 0.2) is 47.3 Å². The highest BCUT2D eigenvalue weighted by Crippen LogP contribution is 2.31. The fourth-order valence-electron chi connectivity index (χ4n) is 3.20. The van der Waals surface area contributed by atoms with Gasteiger partial charge in [0.25, 0.3) is 11.5 Å². The number of halogens is 2. The van der Waals surface area contributed by atoms with E-state index in [0.29, 0.717) is 28.1 Å². The first-order chi connectivity index (χ1) is 15.4. The number of aliphatic hydroxyl groups is 1. The molecule has 2 aromatic carbocycles. The molecule has 1 aromatic heterocycles. The number of aliphatic hydroxyl groups excluding tert-OH is 1.